The van der Waals surface area contributed by atoms with Gasteiger partial charge in [-0.2, -0.15) is 0 Å². The number of carbonyl (C=O) groups excluding carboxylic acids is 1. The third kappa shape index (κ3) is 3.70. The van der Waals surface area contributed by atoms with E-state index in [0.717, 1.165) is 11.1 Å². The third-order valence-electron chi connectivity index (χ3n) is 4.78. The number of hydrogen-bond acceptors (Lipinski definition) is 5. The number of benzene rings is 1. The highest BCUT2D eigenvalue weighted by Crippen LogP contribution is 2.43. The van der Waals surface area contributed by atoms with Crippen LogP contribution in [-0.2, 0) is 9.53 Å². The zero-order valence-electron chi connectivity index (χ0n) is 15.5. The summed E-state index contributed by atoms with van der Waals surface area (Å²) in [4.78, 5) is 14.7. The lowest BCUT2D eigenvalue weighted by molar-refractivity contribution is -0.131. The molecule has 6 heteroatoms. The summed E-state index contributed by atoms with van der Waals surface area (Å²) in [7, 11) is 4.86. The summed E-state index contributed by atoms with van der Waals surface area (Å²) in [5.74, 6) is 2.12. The number of carbonyl (C=O) groups is 1. The second kappa shape index (κ2) is 8.27. The van der Waals surface area contributed by atoms with Crippen LogP contribution in [0.5, 0.6) is 17.2 Å². The van der Waals surface area contributed by atoms with Gasteiger partial charge in [0.2, 0.25) is 5.91 Å². The molecular weight excluding hydrogens is 334 g/mol. The van der Waals surface area contributed by atoms with E-state index in [9.17, 15) is 4.79 Å². The second-order valence-corrected chi connectivity index (χ2v) is 6.24. The molecule has 1 aliphatic heterocycles. The van der Waals surface area contributed by atoms with Gasteiger partial charge in [-0.15, -0.1) is 0 Å². The minimum atomic E-state index is -0.00389. The Balaban J connectivity index is 1.86. The van der Waals surface area contributed by atoms with E-state index in [4.69, 9.17) is 18.9 Å². The van der Waals surface area contributed by atoms with Crippen molar-refractivity contribution in [1.29, 1.82) is 0 Å². The van der Waals surface area contributed by atoms with E-state index >= 15 is 0 Å². The number of nitrogens with zero attached hydrogens (tertiary/aromatic N) is 1. The first kappa shape index (κ1) is 18.3. The Morgan fingerprint density at radius 2 is 1.73 bits per heavy atom. The molecule has 1 aliphatic carbocycles. The van der Waals surface area contributed by atoms with Crippen LogP contribution in [0.15, 0.2) is 35.9 Å². The Bertz CT molecular complexity index is 694. The van der Waals surface area contributed by atoms with Crippen molar-refractivity contribution in [2.45, 2.75) is 12.3 Å². The molecule has 0 aromatic heterocycles. The van der Waals surface area contributed by atoms with Crippen molar-refractivity contribution in [3.63, 3.8) is 0 Å². The van der Waals surface area contributed by atoms with Gasteiger partial charge < -0.3 is 23.8 Å². The van der Waals surface area contributed by atoms with Crippen LogP contribution in [0, 0.1) is 0 Å². The fourth-order valence-electron chi connectivity index (χ4n) is 3.40. The van der Waals surface area contributed by atoms with Crippen molar-refractivity contribution in [2.24, 2.45) is 0 Å². The first-order valence-corrected chi connectivity index (χ1v) is 8.72. The van der Waals surface area contributed by atoms with Crippen LogP contribution < -0.4 is 14.2 Å². The number of hydrogen-bond donors (Lipinski definition) is 0. The van der Waals surface area contributed by atoms with E-state index in [1.807, 2.05) is 29.2 Å². The zero-order valence-corrected chi connectivity index (χ0v) is 15.5. The van der Waals surface area contributed by atoms with Crippen molar-refractivity contribution < 1.29 is 23.7 Å². The Morgan fingerprint density at radius 3 is 2.31 bits per heavy atom. The van der Waals surface area contributed by atoms with Gasteiger partial charge in [0.25, 0.3) is 0 Å². The molecule has 26 heavy (non-hydrogen) atoms. The molecule has 0 saturated carbocycles. The molecule has 1 heterocycles. The molecule has 1 unspecified atom stereocenters. The van der Waals surface area contributed by atoms with Crippen LogP contribution in [-0.4, -0.2) is 58.4 Å². The average molecular weight is 359 g/mol. The fraction of sp³-hybridized carbons (Fsp3) is 0.450. The number of ether oxygens (including phenoxy) is 4. The van der Waals surface area contributed by atoms with Crippen molar-refractivity contribution in [3.05, 3.63) is 41.5 Å². The zero-order chi connectivity index (χ0) is 18.5. The molecule has 1 saturated heterocycles. The predicted octanol–water partition coefficient (Wildman–Crippen LogP) is 2.54. The van der Waals surface area contributed by atoms with E-state index in [2.05, 4.69) is 6.08 Å². The predicted molar refractivity (Wildman–Crippen MR) is 98.1 cm³/mol. The Kier molecular flexibility index (Phi) is 5.83. The molecule has 0 bridgehead atoms. The van der Waals surface area contributed by atoms with Crippen LogP contribution in [0.25, 0.3) is 0 Å². The summed E-state index contributed by atoms with van der Waals surface area (Å²) in [5, 5.41) is 0. The quantitative estimate of drug-likeness (QED) is 0.809. The molecule has 140 valence electrons. The molecule has 1 atom stereocenters. The number of morpholine rings is 1. The van der Waals surface area contributed by atoms with E-state index in [0.29, 0.717) is 50.0 Å². The van der Waals surface area contributed by atoms with Gasteiger partial charge in [0.1, 0.15) is 17.2 Å². The summed E-state index contributed by atoms with van der Waals surface area (Å²) in [5.41, 5.74) is 1.71. The minimum absolute atomic E-state index is 0.00389. The maximum atomic E-state index is 12.8. The summed E-state index contributed by atoms with van der Waals surface area (Å²) in [6.45, 7) is 2.47. The molecule has 1 amide bonds. The van der Waals surface area contributed by atoms with E-state index < -0.39 is 0 Å². The van der Waals surface area contributed by atoms with Crippen molar-refractivity contribution >= 4 is 5.91 Å². The van der Waals surface area contributed by atoms with Crippen LogP contribution >= 0.6 is 0 Å². The highest BCUT2D eigenvalue weighted by molar-refractivity contribution is 5.94. The molecular formula is C20H25NO5. The monoisotopic (exact) mass is 359 g/mol. The molecule has 3 rings (SSSR count). The molecule has 0 spiro atoms. The van der Waals surface area contributed by atoms with Gasteiger partial charge in [0, 0.05) is 42.3 Å². The van der Waals surface area contributed by atoms with Crippen molar-refractivity contribution in [2.75, 3.05) is 47.6 Å². The van der Waals surface area contributed by atoms with Gasteiger partial charge in [0.15, 0.2) is 0 Å². The summed E-state index contributed by atoms with van der Waals surface area (Å²) < 4.78 is 21.8. The van der Waals surface area contributed by atoms with Gasteiger partial charge in [-0.25, -0.2) is 0 Å². The molecule has 1 aromatic carbocycles. The molecule has 1 aromatic rings. The number of rotatable bonds is 5. The Hall–Kier alpha value is -2.47. The molecule has 0 N–H and O–H groups in total. The first-order chi connectivity index (χ1) is 12.7. The lowest BCUT2D eigenvalue weighted by Gasteiger charge is -2.29. The molecule has 6 nitrogen and oxygen atoms in total. The highest BCUT2D eigenvalue weighted by atomic mass is 16.5. The van der Waals surface area contributed by atoms with E-state index in [1.165, 1.54) is 0 Å². The number of methoxy groups -OCH3 is 3. The van der Waals surface area contributed by atoms with Gasteiger partial charge in [-0.1, -0.05) is 18.2 Å². The lowest BCUT2D eigenvalue weighted by Crippen LogP contribution is -2.41. The summed E-state index contributed by atoms with van der Waals surface area (Å²) >= 11 is 0. The Morgan fingerprint density at radius 1 is 1.08 bits per heavy atom. The highest BCUT2D eigenvalue weighted by Gasteiger charge is 2.27. The SMILES string of the molecule is COc1cc(OC)c(C2C=CC=C(C(=O)N3CCOCC3)C2)c(OC)c1. The fourth-order valence-corrected chi connectivity index (χ4v) is 3.40. The van der Waals surface area contributed by atoms with Crippen LogP contribution in [0.4, 0.5) is 0 Å². The molecule has 0 radical (unpaired) electrons. The topological polar surface area (TPSA) is 57.2 Å². The molecule has 1 fully saturated rings. The largest absolute Gasteiger partial charge is 0.496 e. The van der Waals surface area contributed by atoms with Gasteiger partial charge in [-0.3, -0.25) is 4.79 Å². The van der Waals surface area contributed by atoms with Crippen LogP contribution in [0.1, 0.15) is 17.9 Å². The van der Waals surface area contributed by atoms with E-state index in [1.54, 1.807) is 21.3 Å². The van der Waals surface area contributed by atoms with Gasteiger partial charge in [0.05, 0.1) is 34.5 Å². The summed E-state index contributed by atoms with van der Waals surface area (Å²) in [6.07, 6.45) is 6.51. The van der Waals surface area contributed by atoms with Crippen LogP contribution in [0.2, 0.25) is 0 Å². The van der Waals surface area contributed by atoms with Gasteiger partial charge >= 0.3 is 0 Å². The third-order valence-corrected chi connectivity index (χ3v) is 4.78. The maximum Gasteiger partial charge on any atom is 0.249 e. The standard InChI is InChI=1S/C20H25NO5/c1-23-16-12-17(24-2)19(18(13-16)25-3)14-5-4-6-15(11-14)20(22)21-7-9-26-10-8-21/h4-6,12-14H,7-11H2,1-3H3. The lowest BCUT2D eigenvalue weighted by atomic mass is 9.86. The second-order valence-electron chi connectivity index (χ2n) is 6.24. The smallest absolute Gasteiger partial charge is 0.249 e. The molecule has 2 aliphatic rings. The van der Waals surface area contributed by atoms with Crippen molar-refractivity contribution in [1.82, 2.24) is 4.90 Å². The Labute approximate surface area is 154 Å². The summed E-state index contributed by atoms with van der Waals surface area (Å²) in [6, 6.07) is 3.68. The van der Waals surface area contributed by atoms with Crippen molar-refractivity contribution in [3.8, 4) is 17.2 Å². The minimum Gasteiger partial charge on any atom is -0.496 e. The normalized spacial score (nSPS) is 19.7. The number of amides is 1. The first-order valence-electron chi connectivity index (χ1n) is 8.72. The van der Waals surface area contributed by atoms with Crippen LogP contribution in [0.3, 0.4) is 0 Å². The number of allylic oxidation sites excluding steroid dienone is 3. The van der Waals surface area contributed by atoms with E-state index in [-0.39, 0.29) is 11.8 Å². The maximum absolute atomic E-state index is 12.8. The average Bonchev–Trinajstić information content (AvgIpc) is 2.72. The van der Waals surface area contributed by atoms with Gasteiger partial charge in [-0.05, 0) is 6.42 Å².